The van der Waals surface area contributed by atoms with Gasteiger partial charge in [0.2, 0.25) is 0 Å². The zero-order chi connectivity index (χ0) is 14.4. The highest BCUT2D eigenvalue weighted by Gasteiger charge is 2.12. The fraction of sp³-hybridized carbons (Fsp3) is 0.733. The van der Waals surface area contributed by atoms with E-state index >= 15 is 0 Å². The van der Waals surface area contributed by atoms with Crippen LogP contribution in [-0.2, 0) is 12.2 Å². The van der Waals surface area contributed by atoms with Crippen LogP contribution >= 0.6 is 11.8 Å². The molecule has 1 aromatic rings. The highest BCUT2D eigenvalue weighted by molar-refractivity contribution is 7.97. The molecule has 0 spiro atoms. The molecule has 1 aromatic heterocycles. The maximum atomic E-state index is 4.62. The Morgan fingerprint density at radius 1 is 1.11 bits per heavy atom. The van der Waals surface area contributed by atoms with Gasteiger partial charge in [-0.1, -0.05) is 20.8 Å². The van der Waals surface area contributed by atoms with Crippen LogP contribution in [0.5, 0.6) is 0 Å². The molecule has 0 aromatic carbocycles. The van der Waals surface area contributed by atoms with Crippen molar-refractivity contribution in [2.24, 2.45) is 5.92 Å². The monoisotopic (exact) mass is 281 g/mol. The molecule has 0 aliphatic rings. The van der Waals surface area contributed by atoms with Crippen molar-refractivity contribution < 1.29 is 0 Å². The first-order valence-corrected chi connectivity index (χ1v) is 8.38. The summed E-state index contributed by atoms with van der Waals surface area (Å²) in [6, 6.07) is 0.546. The topological polar surface area (TPSA) is 37.8 Å². The molecular weight excluding hydrogens is 254 g/mol. The van der Waals surface area contributed by atoms with Crippen LogP contribution in [0.2, 0.25) is 0 Å². The van der Waals surface area contributed by atoms with Crippen molar-refractivity contribution in [1.29, 1.82) is 0 Å². The standard InChI is InChI=1S/C15H27N3S/c1-10(2)16-8-11(3)7-14-12(4)17-15(9-19-6)18-13(14)5/h10-11,16H,7-9H2,1-6H3. The lowest BCUT2D eigenvalue weighted by molar-refractivity contribution is 0.473. The van der Waals surface area contributed by atoms with E-state index in [2.05, 4.69) is 56.2 Å². The molecule has 19 heavy (non-hydrogen) atoms. The first-order valence-electron chi connectivity index (χ1n) is 6.99. The minimum Gasteiger partial charge on any atom is -0.314 e. The lowest BCUT2D eigenvalue weighted by Crippen LogP contribution is -2.29. The molecule has 0 amide bonds. The number of aromatic nitrogens is 2. The van der Waals surface area contributed by atoms with Crippen molar-refractivity contribution in [2.45, 2.75) is 52.8 Å². The van der Waals surface area contributed by atoms with E-state index in [1.165, 1.54) is 5.56 Å². The second-order valence-electron chi connectivity index (χ2n) is 5.59. The lowest BCUT2D eigenvalue weighted by Gasteiger charge is -2.17. The van der Waals surface area contributed by atoms with Gasteiger partial charge in [0.15, 0.2) is 0 Å². The summed E-state index contributed by atoms with van der Waals surface area (Å²) in [5.74, 6) is 2.46. The molecule has 1 rings (SSSR count). The van der Waals surface area contributed by atoms with E-state index in [9.17, 15) is 0 Å². The zero-order valence-electron chi connectivity index (χ0n) is 13.1. The van der Waals surface area contributed by atoms with Crippen LogP contribution in [0.1, 0.15) is 43.5 Å². The Balaban J connectivity index is 2.72. The molecule has 0 aliphatic heterocycles. The second kappa shape index (κ2) is 7.85. The third kappa shape index (κ3) is 5.49. The minimum absolute atomic E-state index is 0.546. The maximum Gasteiger partial charge on any atom is 0.138 e. The summed E-state index contributed by atoms with van der Waals surface area (Å²) in [7, 11) is 0. The molecule has 0 aliphatic carbocycles. The highest BCUT2D eigenvalue weighted by atomic mass is 32.2. The molecule has 108 valence electrons. The minimum atomic E-state index is 0.546. The fourth-order valence-electron chi connectivity index (χ4n) is 2.16. The van der Waals surface area contributed by atoms with E-state index in [4.69, 9.17) is 0 Å². The summed E-state index contributed by atoms with van der Waals surface area (Å²) in [6.07, 6.45) is 3.14. The quantitative estimate of drug-likeness (QED) is 0.833. The molecule has 1 N–H and O–H groups in total. The summed E-state index contributed by atoms with van der Waals surface area (Å²) >= 11 is 1.77. The molecule has 0 saturated carbocycles. The normalized spacial score (nSPS) is 13.0. The Kier molecular flexibility index (Phi) is 6.80. The van der Waals surface area contributed by atoms with Crippen molar-refractivity contribution >= 4 is 11.8 Å². The van der Waals surface area contributed by atoms with Crippen molar-refractivity contribution in [1.82, 2.24) is 15.3 Å². The predicted octanol–water partition coefficient (Wildman–Crippen LogP) is 3.13. The Labute approximate surface area is 122 Å². The van der Waals surface area contributed by atoms with Crippen LogP contribution in [0.3, 0.4) is 0 Å². The molecule has 0 saturated heterocycles. The van der Waals surface area contributed by atoms with Crippen LogP contribution < -0.4 is 5.32 Å². The molecule has 1 unspecified atom stereocenters. The Bertz CT molecular complexity index is 381. The van der Waals surface area contributed by atoms with Crippen LogP contribution in [0.4, 0.5) is 0 Å². The number of aryl methyl sites for hydroxylation is 2. The van der Waals surface area contributed by atoms with Gasteiger partial charge >= 0.3 is 0 Å². The third-order valence-corrected chi connectivity index (χ3v) is 3.71. The molecule has 0 radical (unpaired) electrons. The van der Waals surface area contributed by atoms with Gasteiger partial charge in [0.1, 0.15) is 5.82 Å². The van der Waals surface area contributed by atoms with Crippen molar-refractivity contribution in [3.63, 3.8) is 0 Å². The van der Waals surface area contributed by atoms with Crippen LogP contribution in [0.15, 0.2) is 0 Å². The Hall–Kier alpha value is -0.610. The molecule has 4 heteroatoms. The Morgan fingerprint density at radius 3 is 2.16 bits per heavy atom. The van der Waals surface area contributed by atoms with E-state index in [0.29, 0.717) is 12.0 Å². The zero-order valence-corrected chi connectivity index (χ0v) is 13.9. The second-order valence-corrected chi connectivity index (χ2v) is 6.46. The van der Waals surface area contributed by atoms with Crippen molar-refractivity contribution in [3.8, 4) is 0 Å². The molecule has 1 atom stereocenters. The fourth-order valence-corrected chi connectivity index (χ4v) is 2.54. The van der Waals surface area contributed by atoms with E-state index < -0.39 is 0 Å². The van der Waals surface area contributed by atoms with Gasteiger partial charge in [-0.05, 0) is 44.6 Å². The van der Waals surface area contributed by atoms with Crippen molar-refractivity contribution in [2.75, 3.05) is 12.8 Å². The molecule has 0 bridgehead atoms. The van der Waals surface area contributed by atoms with Gasteiger partial charge in [0, 0.05) is 17.4 Å². The number of rotatable bonds is 7. The molecule has 3 nitrogen and oxygen atoms in total. The van der Waals surface area contributed by atoms with Gasteiger partial charge in [0.05, 0.1) is 5.75 Å². The summed E-state index contributed by atoms with van der Waals surface area (Å²) in [5, 5.41) is 3.49. The first kappa shape index (κ1) is 16.4. The maximum absolute atomic E-state index is 4.62. The van der Waals surface area contributed by atoms with Gasteiger partial charge in [0.25, 0.3) is 0 Å². The van der Waals surface area contributed by atoms with E-state index in [-0.39, 0.29) is 0 Å². The summed E-state index contributed by atoms with van der Waals surface area (Å²) < 4.78 is 0. The lowest BCUT2D eigenvalue weighted by atomic mass is 9.98. The van der Waals surface area contributed by atoms with Gasteiger partial charge in [-0.3, -0.25) is 0 Å². The number of thioether (sulfide) groups is 1. The van der Waals surface area contributed by atoms with Crippen LogP contribution in [-0.4, -0.2) is 28.8 Å². The van der Waals surface area contributed by atoms with Gasteiger partial charge in [-0.25, -0.2) is 9.97 Å². The van der Waals surface area contributed by atoms with Crippen LogP contribution in [0, 0.1) is 19.8 Å². The summed E-state index contributed by atoms with van der Waals surface area (Å²) in [4.78, 5) is 9.24. The van der Waals surface area contributed by atoms with Crippen molar-refractivity contribution in [3.05, 3.63) is 22.8 Å². The van der Waals surface area contributed by atoms with Crippen LogP contribution in [0.25, 0.3) is 0 Å². The average molecular weight is 281 g/mol. The van der Waals surface area contributed by atoms with E-state index in [1.54, 1.807) is 11.8 Å². The third-order valence-electron chi connectivity index (χ3n) is 3.17. The number of nitrogens with one attached hydrogen (secondary N) is 1. The molecule has 1 heterocycles. The number of hydrogen-bond acceptors (Lipinski definition) is 4. The SMILES string of the molecule is CSCc1nc(C)c(CC(C)CNC(C)C)c(C)n1. The number of hydrogen-bond donors (Lipinski definition) is 1. The first-order chi connectivity index (χ1) is 8.93. The predicted molar refractivity (Wildman–Crippen MR) is 84.7 cm³/mol. The van der Waals surface area contributed by atoms with E-state index in [1.807, 2.05) is 0 Å². The summed E-state index contributed by atoms with van der Waals surface area (Å²) in [6.45, 7) is 11.9. The van der Waals surface area contributed by atoms with Gasteiger partial charge < -0.3 is 5.32 Å². The molecular formula is C15H27N3S. The van der Waals surface area contributed by atoms with E-state index in [0.717, 1.165) is 35.9 Å². The number of nitrogens with zero attached hydrogens (tertiary/aromatic N) is 2. The van der Waals surface area contributed by atoms with Gasteiger partial charge in [-0.15, -0.1) is 0 Å². The van der Waals surface area contributed by atoms with Gasteiger partial charge in [-0.2, -0.15) is 11.8 Å². The highest BCUT2D eigenvalue weighted by Crippen LogP contribution is 2.16. The smallest absolute Gasteiger partial charge is 0.138 e. The molecule has 0 fully saturated rings. The average Bonchev–Trinajstić information content (AvgIpc) is 2.31. The summed E-state index contributed by atoms with van der Waals surface area (Å²) in [5.41, 5.74) is 3.61. The largest absolute Gasteiger partial charge is 0.314 e. The Morgan fingerprint density at radius 2 is 1.68 bits per heavy atom.